The van der Waals surface area contributed by atoms with Crippen LogP contribution >= 0.6 is 11.6 Å². The summed E-state index contributed by atoms with van der Waals surface area (Å²) in [6.07, 6.45) is 4.20. The molecule has 8 nitrogen and oxygen atoms in total. The summed E-state index contributed by atoms with van der Waals surface area (Å²) in [5.41, 5.74) is 2.25. The van der Waals surface area contributed by atoms with Gasteiger partial charge < -0.3 is 15.7 Å². The number of carbonyl (C=O) groups excluding carboxylic acids is 1. The van der Waals surface area contributed by atoms with Crippen LogP contribution < -0.4 is 10.6 Å². The predicted molar refractivity (Wildman–Crippen MR) is 106 cm³/mol. The normalized spacial score (nSPS) is 10.3. The van der Waals surface area contributed by atoms with Gasteiger partial charge >= 0.3 is 6.03 Å². The first-order valence-corrected chi connectivity index (χ1v) is 8.53. The summed E-state index contributed by atoms with van der Waals surface area (Å²) in [7, 11) is 0. The molecule has 3 rings (SSSR count). The average Bonchev–Trinajstić information content (AvgIpc) is 2.66. The molecule has 0 unspecified atom stereocenters. The third kappa shape index (κ3) is 4.74. The fraction of sp³-hybridized carbons (Fsp3) is 0.0526. The minimum absolute atomic E-state index is 0.0394. The molecule has 0 aliphatic carbocycles. The van der Waals surface area contributed by atoms with Crippen LogP contribution in [0.15, 0.2) is 60.9 Å². The molecule has 1 aromatic heterocycles. The van der Waals surface area contributed by atoms with Crippen molar-refractivity contribution in [3.05, 3.63) is 87.2 Å². The summed E-state index contributed by atoms with van der Waals surface area (Å²) >= 11 is 5.80. The van der Waals surface area contributed by atoms with E-state index in [1.165, 1.54) is 0 Å². The first kappa shape index (κ1) is 19.1. The minimum atomic E-state index is -0.723. The number of hydrogen-bond acceptors (Lipinski definition) is 5. The number of benzene rings is 2. The summed E-state index contributed by atoms with van der Waals surface area (Å²) in [5.74, 6) is -0.459. The van der Waals surface area contributed by atoms with E-state index in [0.717, 1.165) is 29.7 Å². The van der Waals surface area contributed by atoms with E-state index < -0.39 is 22.4 Å². The number of pyridine rings is 1. The van der Waals surface area contributed by atoms with Crippen LogP contribution in [-0.4, -0.2) is 21.0 Å². The number of phenolic OH excluding ortho intramolecular Hbond substituents is 1. The number of nitrogens with one attached hydrogen (secondary N) is 2. The number of nitrogens with zero attached hydrogens (tertiary/aromatic N) is 2. The number of anilines is 2. The van der Waals surface area contributed by atoms with E-state index in [1.807, 2.05) is 24.3 Å². The van der Waals surface area contributed by atoms with Crippen molar-refractivity contribution in [1.29, 1.82) is 0 Å². The monoisotopic (exact) mass is 398 g/mol. The van der Waals surface area contributed by atoms with E-state index in [2.05, 4.69) is 15.6 Å². The Labute approximate surface area is 165 Å². The van der Waals surface area contributed by atoms with E-state index >= 15 is 0 Å². The quantitative estimate of drug-likeness (QED) is 0.330. The molecule has 0 atom stereocenters. The van der Waals surface area contributed by atoms with Crippen molar-refractivity contribution in [2.75, 3.05) is 10.6 Å². The topological polar surface area (TPSA) is 117 Å². The Morgan fingerprint density at radius 2 is 1.71 bits per heavy atom. The fourth-order valence-electron chi connectivity index (χ4n) is 2.52. The van der Waals surface area contributed by atoms with Gasteiger partial charge in [0.1, 0.15) is 10.8 Å². The third-order valence-electron chi connectivity index (χ3n) is 3.88. The van der Waals surface area contributed by atoms with Gasteiger partial charge in [-0.15, -0.1) is 0 Å². The lowest BCUT2D eigenvalue weighted by molar-refractivity contribution is -0.384. The zero-order valence-electron chi connectivity index (χ0n) is 14.4. The van der Waals surface area contributed by atoms with Gasteiger partial charge in [-0.1, -0.05) is 23.7 Å². The molecule has 9 heteroatoms. The van der Waals surface area contributed by atoms with Crippen molar-refractivity contribution < 1.29 is 14.8 Å². The van der Waals surface area contributed by atoms with Crippen molar-refractivity contribution in [2.45, 2.75) is 6.42 Å². The number of aromatic nitrogens is 1. The Bertz CT molecular complexity index is 1010. The van der Waals surface area contributed by atoms with Crippen LogP contribution in [0.25, 0.3) is 0 Å². The lowest BCUT2D eigenvalue weighted by atomic mass is 10.1. The standard InChI is InChI=1S/C19H15ClN4O4/c20-15-10-16(18(25)11-17(15)24(27)28)23-19(26)22-14-3-1-12(2-4-14)9-13-5-7-21-8-6-13/h1-8,10-11,25H,9H2,(H2,22,23,26). The Hall–Kier alpha value is -3.65. The molecular formula is C19H15ClN4O4. The minimum Gasteiger partial charge on any atom is -0.506 e. The Morgan fingerprint density at radius 3 is 2.36 bits per heavy atom. The SMILES string of the molecule is O=C(Nc1ccc(Cc2ccncc2)cc1)Nc1cc(Cl)c([N+](=O)[O-])cc1O. The molecular weight excluding hydrogens is 384 g/mol. The average molecular weight is 399 g/mol. The van der Waals surface area contributed by atoms with E-state index in [0.29, 0.717) is 5.69 Å². The number of aromatic hydroxyl groups is 1. The molecule has 28 heavy (non-hydrogen) atoms. The van der Waals surface area contributed by atoms with Crippen LogP contribution in [0, 0.1) is 10.1 Å². The van der Waals surface area contributed by atoms with Crippen LogP contribution in [0.2, 0.25) is 5.02 Å². The first-order chi connectivity index (χ1) is 13.4. The summed E-state index contributed by atoms with van der Waals surface area (Å²) in [6, 6.07) is 12.5. The first-order valence-electron chi connectivity index (χ1n) is 8.15. The lowest BCUT2D eigenvalue weighted by Gasteiger charge is -2.10. The highest BCUT2D eigenvalue weighted by Crippen LogP contribution is 2.35. The largest absolute Gasteiger partial charge is 0.506 e. The maximum atomic E-state index is 12.1. The predicted octanol–water partition coefficient (Wildman–Crippen LogP) is 4.58. The zero-order chi connectivity index (χ0) is 20.1. The molecule has 0 saturated carbocycles. The molecule has 2 aromatic carbocycles. The fourth-order valence-corrected chi connectivity index (χ4v) is 2.75. The van der Waals surface area contributed by atoms with Gasteiger partial charge in [0.25, 0.3) is 5.69 Å². The smallest absolute Gasteiger partial charge is 0.323 e. The molecule has 0 aliphatic rings. The molecule has 142 valence electrons. The van der Waals surface area contributed by atoms with Gasteiger partial charge in [-0.2, -0.15) is 0 Å². The molecule has 0 fully saturated rings. The number of hydrogen-bond donors (Lipinski definition) is 3. The maximum absolute atomic E-state index is 12.1. The number of halogens is 1. The summed E-state index contributed by atoms with van der Waals surface area (Å²) in [4.78, 5) is 26.2. The number of rotatable bonds is 5. The van der Waals surface area contributed by atoms with E-state index in [9.17, 15) is 20.0 Å². The van der Waals surface area contributed by atoms with Crippen LogP contribution in [-0.2, 0) is 6.42 Å². The Kier molecular flexibility index (Phi) is 5.71. The highest BCUT2D eigenvalue weighted by Gasteiger charge is 2.17. The molecule has 3 aromatic rings. The van der Waals surface area contributed by atoms with Gasteiger partial charge in [-0.25, -0.2) is 4.79 Å². The molecule has 2 amide bonds. The van der Waals surface area contributed by atoms with Crippen LogP contribution in [0.4, 0.5) is 21.9 Å². The van der Waals surface area contributed by atoms with Gasteiger partial charge in [-0.05, 0) is 47.9 Å². The number of amides is 2. The van der Waals surface area contributed by atoms with Gasteiger partial charge in [0.2, 0.25) is 0 Å². The van der Waals surface area contributed by atoms with Crippen molar-refractivity contribution in [3.8, 4) is 5.75 Å². The Balaban J connectivity index is 1.63. The van der Waals surface area contributed by atoms with E-state index in [1.54, 1.807) is 24.5 Å². The van der Waals surface area contributed by atoms with Crippen molar-refractivity contribution in [2.24, 2.45) is 0 Å². The second kappa shape index (κ2) is 8.36. The van der Waals surface area contributed by atoms with Crippen molar-refractivity contribution in [3.63, 3.8) is 0 Å². The summed E-state index contributed by atoms with van der Waals surface area (Å²) < 4.78 is 0. The van der Waals surface area contributed by atoms with Gasteiger partial charge in [0.15, 0.2) is 0 Å². The van der Waals surface area contributed by atoms with Crippen LogP contribution in [0.5, 0.6) is 5.75 Å². The maximum Gasteiger partial charge on any atom is 0.323 e. The van der Waals surface area contributed by atoms with Gasteiger partial charge in [0, 0.05) is 18.1 Å². The third-order valence-corrected chi connectivity index (χ3v) is 4.18. The second-order valence-corrected chi connectivity index (χ2v) is 6.29. The molecule has 1 heterocycles. The summed E-state index contributed by atoms with van der Waals surface area (Å²) in [5, 5.41) is 25.5. The summed E-state index contributed by atoms with van der Waals surface area (Å²) in [6.45, 7) is 0. The second-order valence-electron chi connectivity index (χ2n) is 5.89. The lowest BCUT2D eigenvalue weighted by Crippen LogP contribution is -2.19. The van der Waals surface area contributed by atoms with Gasteiger partial charge in [0.05, 0.1) is 16.7 Å². The number of urea groups is 1. The molecule has 0 bridgehead atoms. The van der Waals surface area contributed by atoms with Gasteiger partial charge in [-0.3, -0.25) is 15.1 Å². The van der Waals surface area contributed by atoms with Crippen molar-refractivity contribution in [1.82, 2.24) is 4.98 Å². The number of nitro benzene ring substituents is 1. The molecule has 0 aliphatic heterocycles. The number of phenols is 1. The molecule has 0 spiro atoms. The number of nitro groups is 1. The van der Waals surface area contributed by atoms with E-state index in [4.69, 9.17) is 11.6 Å². The zero-order valence-corrected chi connectivity index (χ0v) is 15.2. The van der Waals surface area contributed by atoms with Crippen LogP contribution in [0.3, 0.4) is 0 Å². The number of carbonyl (C=O) groups is 1. The van der Waals surface area contributed by atoms with E-state index in [-0.39, 0.29) is 10.7 Å². The van der Waals surface area contributed by atoms with Crippen LogP contribution in [0.1, 0.15) is 11.1 Å². The highest BCUT2D eigenvalue weighted by molar-refractivity contribution is 6.33. The molecule has 0 saturated heterocycles. The van der Waals surface area contributed by atoms with Crippen molar-refractivity contribution >= 4 is 34.7 Å². The molecule has 0 radical (unpaired) electrons. The Morgan fingerprint density at radius 1 is 1.07 bits per heavy atom. The highest BCUT2D eigenvalue weighted by atomic mass is 35.5. The molecule has 3 N–H and O–H groups in total.